The van der Waals surface area contributed by atoms with Gasteiger partial charge in [-0.25, -0.2) is 4.99 Å². The Morgan fingerprint density at radius 2 is 2.20 bits per heavy atom. The molecule has 1 heterocycles. The van der Waals surface area contributed by atoms with Crippen molar-refractivity contribution < 1.29 is 13.2 Å². The van der Waals surface area contributed by atoms with Gasteiger partial charge in [0.25, 0.3) is 5.95 Å². The van der Waals surface area contributed by atoms with Gasteiger partial charge in [0.15, 0.2) is 5.96 Å². The van der Waals surface area contributed by atoms with E-state index in [0.717, 1.165) is 0 Å². The van der Waals surface area contributed by atoms with Gasteiger partial charge in [0.05, 0.1) is 12.6 Å². The van der Waals surface area contributed by atoms with E-state index in [2.05, 4.69) is 25.7 Å². The second-order valence-electron chi connectivity index (χ2n) is 3.77. The maximum absolute atomic E-state index is 11.9. The number of alkyl halides is 3. The van der Waals surface area contributed by atoms with Gasteiger partial charge in [0, 0.05) is 6.42 Å². The fourth-order valence-corrected chi connectivity index (χ4v) is 1.17. The van der Waals surface area contributed by atoms with Crippen LogP contribution in [0.1, 0.15) is 19.3 Å². The van der Waals surface area contributed by atoms with Crippen molar-refractivity contribution in [2.45, 2.75) is 32.0 Å². The third kappa shape index (κ3) is 6.53. The Morgan fingerprint density at radius 1 is 1.45 bits per heavy atom. The molecule has 1 rings (SSSR count). The lowest BCUT2D eigenvalue weighted by Gasteiger charge is -2.03. The van der Waals surface area contributed by atoms with E-state index in [9.17, 15) is 13.2 Å². The summed E-state index contributed by atoms with van der Waals surface area (Å²) in [6.45, 7) is -0.926. The van der Waals surface area contributed by atoms with Crippen LogP contribution in [0.2, 0.25) is 0 Å². The Labute approximate surface area is 112 Å². The lowest BCUT2D eigenvalue weighted by atomic mass is 10.2. The van der Waals surface area contributed by atoms with Gasteiger partial charge in [-0.2, -0.15) is 23.2 Å². The zero-order valence-corrected chi connectivity index (χ0v) is 10.4. The number of nitrogens with zero attached hydrogens (tertiary/aromatic N) is 6. The van der Waals surface area contributed by atoms with E-state index in [1.54, 1.807) is 0 Å². The summed E-state index contributed by atoms with van der Waals surface area (Å²) in [5.74, 6) is -0.472. The number of rotatable bonds is 6. The van der Waals surface area contributed by atoms with Crippen molar-refractivity contribution >= 4 is 11.9 Å². The van der Waals surface area contributed by atoms with E-state index in [1.807, 2.05) is 6.07 Å². The molecule has 0 unspecified atom stereocenters. The minimum Gasteiger partial charge on any atom is -0.370 e. The summed E-state index contributed by atoms with van der Waals surface area (Å²) in [4.78, 5) is 4.35. The summed E-state index contributed by atoms with van der Waals surface area (Å²) < 4.78 is 35.7. The van der Waals surface area contributed by atoms with Crippen LogP contribution >= 0.6 is 0 Å². The minimum atomic E-state index is -4.42. The van der Waals surface area contributed by atoms with E-state index in [-0.39, 0.29) is 5.95 Å². The average molecular weight is 290 g/mol. The fourth-order valence-electron chi connectivity index (χ4n) is 1.17. The summed E-state index contributed by atoms with van der Waals surface area (Å²) in [6.07, 6.45) is -2.58. The number of nitrogens with one attached hydrogen (secondary N) is 1. The molecular formula is C9H13F3N8. The van der Waals surface area contributed by atoms with Crippen LogP contribution in [0, 0.1) is 11.3 Å². The van der Waals surface area contributed by atoms with Crippen LogP contribution in [0.5, 0.6) is 0 Å². The normalized spacial score (nSPS) is 12.2. The number of nitrogens with two attached hydrogens (primary N) is 1. The van der Waals surface area contributed by atoms with Gasteiger partial charge in [-0.3, -0.25) is 5.32 Å². The van der Waals surface area contributed by atoms with Crippen molar-refractivity contribution in [3.8, 4) is 6.07 Å². The number of aliphatic imine (C=N–C) groups is 1. The number of anilines is 1. The highest BCUT2D eigenvalue weighted by Crippen LogP contribution is 2.14. The zero-order chi connectivity index (χ0) is 15.0. The SMILES string of the molecule is N#CCCCCn1nnc(NC(N)=NCC(F)(F)F)n1. The molecule has 0 atom stereocenters. The molecule has 0 aliphatic heterocycles. The monoisotopic (exact) mass is 290 g/mol. The lowest BCUT2D eigenvalue weighted by molar-refractivity contribution is -0.118. The highest BCUT2D eigenvalue weighted by Gasteiger charge is 2.26. The van der Waals surface area contributed by atoms with Crippen LogP contribution in [0.15, 0.2) is 4.99 Å². The third-order valence-electron chi connectivity index (χ3n) is 2.02. The van der Waals surface area contributed by atoms with Gasteiger partial charge in [-0.05, 0) is 18.1 Å². The van der Waals surface area contributed by atoms with Crippen LogP contribution in [0.4, 0.5) is 19.1 Å². The number of aromatic nitrogens is 4. The fraction of sp³-hybridized carbons (Fsp3) is 0.667. The highest BCUT2D eigenvalue weighted by molar-refractivity contribution is 5.90. The molecule has 11 heteroatoms. The molecule has 1 aromatic rings. The molecule has 0 aromatic carbocycles. The van der Waals surface area contributed by atoms with Gasteiger partial charge in [-0.1, -0.05) is 5.10 Å². The molecule has 20 heavy (non-hydrogen) atoms. The smallest absolute Gasteiger partial charge is 0.370 e. The van der Waals surface area contributed by atoms with Crippen molar-refractivity contribution in [3.05, 3.63) is 0 Å². The van der Waals surface area contributed by atoms with E-state index in [4.69, 9.17) is 11.0 Å². The first-order valence-electron chi connectivity index (χ1n) is 5.69. The highest BCUT2D eigenvalue weighted by atomic mass is 19.4. The van der Waals surface area contributed by atoms with Gasteiger partial charge in [0.2, 0.25) is 0 Å². The first-order valence-corrected chi connectivity index (χ1v) is 5.69. The maximum Gasteiger partial charge on any atom is 0.408 e. The largest absolute Gasteiger partial charge is 0.408 e. The molecule has 0 saturated heterocycles. The molecule has 0 bridgehead atoms. The van der Waals surface area contributed by atoms with Crippen molar-refractivity contribution in [2.75, 3.05) is 11.9 Å². The van der Waals surface area contributed by atoms with Crippen LogP contribution in [0.25, 0.3) is 0 Å². The quantitative estimate of drug-likeness (QED) is 0.451. The van der Waals surface area contributed by atoms with Crippen molar-refractivity contribution in [3.63, 3.8) is 0 Å². The Bertz CT molecular complexity index is 486. The Morgan fingerprint density at radius 3 is 2.85 bits per heavy atom. The summed E-state index contributed by atoms with van der Waals surface area (Å²) in [6, 6.07) is 2.01. The van der Waals surface area contributed by atoms with Crippen LogP contribution < -0.4 is 11.1 Å². The van der Waals surface area contributed by atoms with Crippen LogP contribution in [0.3, 0.4) is 0 Å². The second kappa shape index (κ2) is 7.27. The van der Waals surface area contributed by atoms with E-state index in [0.29, 0.717) is 25.8 Å². The molecule has 0 aliphatic rings. The maximum atomic E-state index is 11.9. The van der Waals surface area contributed by atoms with Gasteiger partial charge < -0.3 is 5.73 Å². The number of aryl methyl sites for hydroxylation is 1. The topological polar surface area (TPSA) is 118 Å². The van der Waals surface area contributed by atoms with E-state index >= 15 is 0 Å². The number of unbranched alkanes of at least 4 members (excludes halogenated alkanes) is 2. The number of hydrogen-bond donors (Lipinski definition) is 2. The second-order valence-corrected chi connectivity index (χ2v) is 3.77. The predicted molar refractivity (Wildman–Crippen MR) is 63.4 cm³/mol. The summed E-state index contributed by atoms with van der Waals surface area (Å²) >= 11 is 0. The van der Waals surface area contributed by atoms with Crippen molar-refractivity contribution in [1.82, 2.24) is 20.2 Å². The Hall–Kier alpha value is -2.38. The molecule has 0 saturated carbocycles. The number of halogens is 3. The van der Waals surface area contributed by atoms with Crippen molar-refractivity contribution in [2.24, 2.45) is 10.7 Å². The molecule has 0 radical (unpaired) electrons. The minimum absolute atomic E-state index is 0.0336. The average Bonchev–Trinajstić information content (AvgIpc) is 2.79. The van der Waals surface area contributed by atoms with Gasteiger partial charge in [0.1, 0.15) is 6.54 Å². The first-order chi connectivity index (χ1) is 9.40. The van der Waals surface area contributed by atoms with Gasteiger partial charge in [-0.15, -0.1) is 5.10 Å². The predicted octanol–water partition coefficient (Wildman–Crippen LogP) is 0.656. The Balaban J connectivity index is 2.41. The Kier molecular flexibility index (Phi) is 5.70. The third-order valence-corrected chi connectivity index (χ3v) is 2.02. The summed E-state index contributed by atoms with van der Waals surface area (Å²) in [7, 11) is 0. The summed E-state index contributed by atoms with van der Waals surface area (Å²) in [5.41, 5.74) is 5.25. The number of hydrogen-bond acceptors (Lipinski definition) is 5. The van der Waals surface area contributed by atoms with Crippen LogP contribution in [-0.4, -0.2) is 38.9 Å². The zero-order valence-electron chi connectivity index (χ0n) is 10.4. The molecule has 1 aromatic heterocycles. The van der Waals surface area contributed by atoms with Crippen molar-refractivity contribution in [1.29, 1.82) is 5.26 Å². The summed E-state index contributed by atoms with van der Waals surface area (Å²) in [5, 5.41) is 21.8. The molecule has 0 fully saturated rings. The standard InChI is InChI=1S/C9H13F3N8/c10-9(11,12)6-15-7(14)16-8-17-19-20(18-8)5-3-1-2-4-13/h1-3,5-6H2,(H3,14,15,16,18). The van der Waals surface area contributed by atoms with E-state index in [1.165, 1.54) is 4.80 Å². The lowest BCUT2D eigenvalue weighted by Crippen LogP contribution is -2.26. The molecule has 0 aliphatic carbocycles. The molecule has 0 spiro atoms. The molecule has 8 nitrogen and oxygen atoms in total. The molecular weight excluding hydrogens is 277 g/mol. The van der Waals surface area contributed by atoms with Gasteiger partial charge >= 0.3 is 6.18 Å². The van der Waals surface area contributed by atoms with E-state index < -0.39 is 18.7 Å². The molecule has 3 N–H and O–H groups in total. The number of nitriles is 1. The molecule has 0 amide bonds. The number of guanidine groups is 1. The first kappa shape index (κ1) is 15.7. The number of tetrazole rings is 1. The molecule has 110 valence electrons. The van der Waals surface area contributed by atoms with Crippen LogP contribution in [-0.2, 0) is 6.54 Å².